The van der Waals surface area contributed by atoms with E-state index in [9.17, 15) is 4.79 Å². The molecule has 1 aromatic heterocycles. The minimum absolute atomic E-state index is 0.253. The first-order chi connectivity index (χ1) is 6.13. The van der Waals surface area contributed by atoms with Gasteiger partial charge in [0.2, 0.25) is 0 Å². The highest BCUT2D eigenvalue weighted by molar-refractivity contribution is 5.86. The number of hydrogen-bond acceptors (Lipinski definition) is 2. The molecule has 1 atom stereocenters. The van der Waals surface area contributed by atoms with Crippen LogP contribution in [-0.4, -0.2) is 20.9 Å². The molecule has 0 saturated heterocycles. The van der Waals surface area contributed by atoms with Crippen LogP contribution >= 0.6 is 0 Å². The first-order valence-corrected chi connectivity index (χ1v) is 4.39. The van der Waals surface area contributed by atoms with Gasteiger partial charge >= 0.3 is 5.97 Å². The lowest BCUT2D eigenvalue weighted by Gasteiger charge is -2.06. The minimum Gasteiger partial charge on any atom is -0.478 e. The summed E-state index contributed by atoms with van der Waals surface area (Å²) in [4.78, 5) is 10.5. The highest BCUT2D eigenvalue weighted by Gasteiger charge is 2.07. The summed E-state index contributed by atoms with van der Waals surface area (Å²) in [5.41, 5.74) is 0.253. The van der Waals surface area contributed by atoms with Crippen molar-refractivity contribution in [1.82, 2.24) is 9.78 Å². The number of aromatic nitrogens is 2. The monoisotopic (exact) mass is 182 g/mol. The number of aromatic carboxylic acids is 1. The Hall–Kier alpha value is -1.32. The zero-order valence-corrected chi connectivity index (χ0v) is 7.90. The van der Waals surface area contributed by atoms with Gasteiger partial charge in [-0.15, -0.1) is 0 Å². The van der Waals surface area contributed by atoms with Crippen LogP contribution in [-0.2, 0) is 6.54 Å². The number of carboxylic acid groups (broad SMARTS) is 1. The Bertz CT molecular complexity index is 294. The summed E-state index contributed by atoms with van der Waals surface area (Å²) in [7, 11) is 0. The topological polar surface area (TPSA) is 55.1 Å². The van der Waals surface area contributed by atoms with Gasteiger partial charge in [-0.1, -0.05) is 20.3 Å². The lowest BCUT2D eigenvalue weighted by atomic mass is 10.1. The third kappa shape index (κ3) is 2.57. The molecule has 0 aliphatic rings. The molecule has 4 nitrogen and oxygen atoms in total. The van der Waals surface area contributed by atoms with Crippen molar-refractivity contribution in [2.24, 2.45) is 5.92 Å². The summed E-state index contributed by atoms with van der Waals surface area (Å²) < 4.78 is 1.68. The van der Waals surface area contributed by atoms with Gasteiger partial charge in [-0.05, 0) is 5.92 Å². The molecule has 72 valence electrons. The predicted octanol–water partition coefficient (Wildman–Crippen LogP) is 1.63. The Morgan fingerprint density at radius 3 is 2.92 bits per heavy atom. The molecule has 0 fully saturated rings. The fraction of sp³-hybridized carbons (Fsp3) is 0.556. The molecule has 1 N–H and O–H groups in total. The van der Waals surface area contributed by atoms with E-state index in [-0.39, 0.29) is 5.56 Å². The molecule has 13 heavy (non-hydrogen) atoms. The van der Waals surface area contributed by atoms with Crippen molar-refractivity contribution >= 4 is 5.97 Å². The van der Waals surface area contributed by atoms with E-state index in [4.69, 9.17) is 5.11 Å². The third-order valence-corrected chi connectivity index (χ3v) is 2.08. The van der Waals surface area contributed by atoms with E-state index in [0.717, 1.165) is 13.0 Å². The average Bonchev–Trinajstić information content (AvgIpc) is 2.52. The van der Waals surface area contributed by atoms with Gasteiger partial charge in [-0.25, -0.2) is 4.79 Å². The Labute approximate surface area is 77.2 Å². The highest BCUT2D eigenvalue weighted by Crippen LogP contribution is 2.05. The van der Waals surface area contributed by atoms with Crippen molar-refractivity contribution in [1.29, 1.82) is 0 Å². The maximum Gasteiger partial charge on any atom is 0.338 e. The summed E-state index contributed by atoms with van der Waals surface area (Å²) in [5, 5.41) is 12.6. The molecule has 0 aromatic carbocycles. The third-order valence-electron chi connectivity index (χ3n) is 2.08. The van der Waals surface area contributed by atoms with Gasteiger partial charge < -0.3 is 5.11 Å². The van der Waals surface area contributed by atoms with Gasteiger partial charge in [0.1, 0.15) is 0 Å². The molecule has 0 spiro atoms. The van der Waals surface area contributed by atoms with Crippen LogP contribution in [0.15, 0.2) is 12.4 Å². The molecule has 0 saturated carbocycles. The largest absolute Gasteiger partial charge is 0.478 e. The van der Waals surface area contributed by atoms with Crippen molar-refractivity contribution in [3.8, 4) is 0 Å². The molecule has 1 rings (SSSR count). The molecule has 1 heterocycles. The highest BCUT2D eigenvalue weighted by atomic mass is 16.4. The second-order valence-corrected chi connectivity index (χ2v) is 3.27. The van der Waals surface area contributed by atoms with Crippen molar-refractivity contribution in [3.05, 3.63) is 18.0 Å². The first kappa shape index (κ1) is 9.77. The SMILES string of the molecule is CCC(C)Cn1cc(C(=O)O)cn1. The maximum atomic E-state index is 10.5. The maximum absolute atomic E-state index is 10.5. The second-order valence-electron chi connectivity index (χ2n) is 3.27. The van der Waals surface area contributed by atoms with E-state index in [1.165, 1.54) is 6.20 Å². The van der Waals surface area contributed by atoms with Gasteiger partial charge in [0.25, 0.3) is 0 Å². The van der Waals surface area contributed by atoms with Crippen molar-refractivity contribution < 1.29 is 9.90 Å². The molecule has 1 unspecified atom stereocenters. The molecular weight excluding hydrogens is 168 g/mol. The summed E-state index contributed by atoms with van der Waals surface area (Å²) in [6.07, 6.45) is 4.02. The molecule has 0 aliphatic heterocycles. The Kier molecular flexibility index (Phi) is 3.06. The molecule has 0 aliphatic carbocycles. The van der Waals surface area contributed by atoms with E-state index < -0.39 is 5.97 Å². The standard InChI is InChI=1S/C9H14N2O2/c1-3-7(2)5-11-6-8(4-10-11)9(12)13/h4,6-7H,3,5H2,1-2H3,(H,12,13). The Balaban J connectivity index is 2.64. The van der Waals surface area contributed by atoms with E-state index in [2.05, 4.69) is 18.9 Å². The summed E-state index contributed by atoms with van der Waals surface area (Å²) in [5.74, 6) is -0.392. The van der Waals surface area contributed by atoms with Crippen molar-refractivity contribution in [2.45, 2.75) is 26.8 Å². The number of rotatable bonds is 4. The van der Waals surface area contributed by atoms with E-state index in [1.807, 2.05) is 0 Å². The average molecular weight is 182 g/mol. The normalized spacial score (nSPS) is 12.8. The molecule has 0 bridgehead atoms. The van der Waals surface area contributed by atoms with Gasteiger partial charge in [0, 0.05) is 12.7 Å². The lowest BCUT2D eigenvalue weighted by molar-refractivity contribution is 0.0696. The second kappa shape index (κ2) is 4.07. The first-order valence-electron chi connectivity index (χ1n) is 4.39. The van der Waals surface area contributed by atoms with Gasteiger partial charge in [-0.2, -0.15) is 5.10 Å². The van der Waals surface area contributed by atoms with Crippen LogP contribution in [0.3, 0.4) is 0 Å². The summed E-state index contributed by atoms with van der Waals surface area (Å²) in [6.45, 7) is 5.00. The predicted molar refractivity (Wildman–Crippen MR) is 48.6 cm³/mol. The van der Waals surface area contributed by atoms with Crippen LogP contribution in [0.2, 0.25) is 0 Å². The Morgan fingerprint density at radius 2 is 2.46 bits per heavy atom. The van der Waals surface area contributed by atoms with Gasteiger partial charge in [0.05, 0.1) is 11.8 Å². The fourth-order valence-electron chi connectivity index (χ4n) is 1.02. The van der Waals surface area contributed by atoms with Crippen molar-refractivity contribution in [2.75, 3.05) is 0 Å². The smallest absolute Gasteiger partial charge is 0.338 e. The quantitative estimate of drug-likeness (QED) is 0.769. The minimum atomic E-state index is -0.921. The number of carboxylic acids is 1. The lowest BCUT2D eigenvalue weighted by Crippen LogP contribution is -2.06. The number of hydrogen-bond donors (Lipinski definition) is 1. The molecule has 1 aromatic rings. The number of carbonyl (C=O) groups is 1. The van der Waals surface area contributed by atoms with E-state index in [1.54, 1.807) is 10.9 Å². The van der Waals surface area contributed by atoms with Gasteiger partial charge in [-0.3, -0.25) is 4.68 Å². The van der Waals surface area contributed by atoms with Crippen LogP contribution in [0, 0.1) is 5.92 Å². The van der Waals surface area contributed by atoms with E-state index in [0.29, 0.717) is 5.92 Å². The summed E-state index contributed by atoms with van der Waals surface area (Å²) >= 11 is 0. The van der Waals surface area contributed by atoms with E-state index >= 15 is 0 Å². The summed E-state index contributed by atoms with van der Waals surface area (Å²) in [6, 6.07) is 0. The van der Waals surface area contributed by atoms with Crippen LogP contribution < -0.4 is 0 Å². The van der Waals surface area contributed by atoms with Gasteiger partial charge in [0.15, 0.2) is 0 Å². The molecule has 4 heteroatoms. The molecule has 0 amide bonds. The van der Waals surface area contributed by atoms with Crippen LogP contribution in [0.25, 0.3) is 0 Å². The van der Waals surface area contributed by atoms with Crippen LogP contribution in [0.1, 0.15) is 30.6 Å². The fourth-order valence-corrected chi connectivity index (χ4v) is 1.02. The number of nitrogens with zero attached hydrogens (tertiary/aromatic N) is 2. The van der Waals surface area contributed by atoms with Crippen molar-refractivity contribution in [3.63, 3.8) is 0 Å². The zero-order valence-electron chi connectivity index (χ0n) is 7.90. The van der Waals surface area contributed by atoms with Crippen LogP contribution in [0.4, 0.5) is 0 Å². The molecule has 0 radical (unpaired) electrons. The van der Waals surface area contributed by atoms with Crippen LogP contribution in [0.5, 0.6) is 0 Å². The zero-order chi connectivity index (χ0) is 9.84. The molecular formula is C9H14N2O2. The Morgan fingerprint density at radius 1 is 1.77 bits per heavy atom.